The summed E-state index contributed by atoms with van der Waals surface area (Å²) in [5, 5.41) is 7.12. The zero-order valence-electron chi connectivity index (χ0n) is 17.3. The van der Waals surface area contributed by atoms with Crippen LogP contribution in [0.1, 0.15) is 44.1 Å². The van der Waals surface area contributed by atoms with Crippen LogP contribution in [0.2, 0.25) is 0 Å². The molecule has 0 aromatic carbocycles. The van der Waals surface area contributed by atoms with Crippen molar-refractivity contribution < 1.29 is 4.42 Å². The van der Waals surface area contributed by atoms with Crippen molar-refractivity contribution in [3.05, 3.63) is 54.2 Å². The Balaban J connectivity index is 0.00000300. The van der Waals surface area contributed by atoms with E-state index in [2.05, 4.69) is 39.6 Å². The van der Waals surface area contributed by atoms with Crippen LogP contribution in [-0.4, -0.2) is 48.1 Å². The van der Waals surface area contributed by atoms with Crippen LogP contribution < -0.4 is 10.6 Å². The normalized spacial score (nSPS) is 15.7. The second kappa shape index (κ2) is 13.6. The summed E-state index contributed by atoms with van der Waals surface area (Å²) in [5.74, 6) is 1.94. The van der Waals surface area contributed by atoms with Crippen LogP contribution in [0.3, 0.4) is 0 Å². The molecule has 3 rings (SSSR count). The van der Waals surface area contributed by atoms with E-state index in [-0.39, 0.29) is 24.0 Å². The van der Waals surface area contributed by atoms with Gasteiger partial charge in [-0.3, -0.25) is 14.9 Å². The fourth-order valence-corrected chi connectivity index (χ4v) is 3.41. The number of aromatic nitrogens is 1. The maximum atomic E-state index is 5.41. The SMILES string of the molecule is CCCCN=C(NCCc1ccco1)NC1CCN(Cc2ccccn2)CC1.I. The van der Waals surface area contributed by atoms with Crippen LogP contribution in [0.5, 0.6) is 0 Å². The summed E-state index contributed by atoms with van der Waals surface area (Å²) in [4.78, 5) is 11.7. The van der Waals surface area contributed by atoms with E-state index in [1.165, 1.54) is 0 Å². The molecule has 2 aromatic rings. The van der Waals surface area contributed by atoms with E-state index in [1.807, 2.05) is 24.4 Å². The minimum atomic E-state index is 0. The molecular weight excluding hydrogens is 477 g/mol. The van der Waals surface area contributed by atoms with E-state index in [1.54, 1.807) is 6.26 Å². The van der Waals surface area contributed by atoms with E-state index in [9.17, 15) is 0 Å². The molecule has 0 bridgehead atoms. The molecule has 0 amide bonds. The van der Waals surface area contributed by atoms with Crippen molar-refractivity contribution in [3.63, 3.8) is 0 Å². The lowest BCUT2D eigenvalue weighted by Gasteiger charge is -2.33. The van der Waals surface area contributed by atoms with Crippen molar-refractivity contribution in [2.24, 2.45) is 4.99 Å². The number of hydrogen-bond acceptors (Lipinski definition) is 4. The molecule has 1 aliphatic heterocycles. The van der Waals surface area contributed by atoms with E-state index >= 15 is 0 Å². The third-order valence-corrected chi connectivity index (χ3v) is 5.07. The van der Waals surface area contributed by atoms with Gasteiger partial charge in [-0.1, -0.05) is 19.4 Å². The van der Waals surface area contributed by atoms with Gasteiger partial charge in [-0.05, 0) is 43.5 Å². The largest absolute Gasteiger partial charge is 0.469 e. The number of aliphatic imine (C=N–C) groups is 1. The highest BCUT2D eigenvalue weighted by atomic mass is 127. The number of piperidine rings is 1. The molecule has 3 heterocycles. The van der Waals surface area contributed by atoms with Gasteiger partial charge < -0.3 is 15.1 Å². The van der Waals surface area contributed by atoms with Crippen molar-refractivity contribution in [2.75, 3.05) is 26.2 Å². The number of guanidine groups is 1. The van der Waals surface area contributed by atoms with Crippen LogP contribution in [-0.2, 0) is 13.0 Å². The molecule has 0 radical (unpaired) electrons. The number of unbranched alkanes of at least 4 members (excludes halogenated alkanes) is 1. The Morgan fingerprint density at radius 2 is 2.10 bits per heavy atom. The third kappa shape index (κ3) is 8.74. The standard InChI is InChI=1S/C22H33N5O.HI/c1-2-3-12-24-22(25-14-9-21-8-6-17-28-21)26-19-10-15-27(16-11-19)18-20-7-4-5-13-23-20;/h4-8,13,17,19H,2-3,9-12,14-16,18H2,1H3,(H2,24,25,26);1H. The number of nitrogens with zero attached hydrogens (tertiary/aromatic N) is 3. The predicted octanol–water partition coefficient (Wildman–Crippen LogP) is 3.84. The number of hydrogen-bond donors (Lipinski definition) is 2. The monoisotopic (exact) mass is 511 g/mol. The highest BCUT2D eigenvalue weighted by molar-refractivity contribution is 14.0. The Hall–Kier alpha value is -1.61. The molecule has 2 aromatic heterocycles. The number of halogens is 1. The molecule has 1 saturated heterocycles. The summed E-state index contributed by atoms with van der Waals surface area (Å²) in [6.45, 7) is 7.00. The van der Waals surface area contributed by atoms with Crippen LogP contribution in [0.4, 0.5) is 0 Å². The molecule has 1 fully saturated rings. The molecule has 2 N–H and O–H groups in total. The summed E-state index contributed by atoms with van der Waals surface area (Å²) >= 11 is 0. The van der Waals surface area contributed by atoms with Crippen LogP contribution in [0.25, 0.3) is 0 Å². The first kappa shape index (κ1) is 23.7. The highest BCUT2D eigenvalue weighted by Crippen LogP contribution is 2.13. The van der Waals surface area contributed by atoms with E-state index < -0.39 is 0 Å². The van der Waals surface area contributed by atoms with Gasteiger partial charge in [-0.25, -0.2) is 0 Å². The van der Waals surface area contributed by atoms with Gasteiger partial charge in [0, 0.05) is 51.4 Å². The molecular formula is C22H34IN5O. The second-order valence-electron chi connectivity index (χ2n) is 7.36. The van der Waals surface area contributed by atoms with E-state index in [0.717, 1.165) is 82.2 Å². The summed E-state index contributed by atoms with van der Waals surface area (Å²) in [7, 11) is 0. The Bertz CT molecular complexity index is 684. The molecule has 0 aliphatic carbocycles. The Morgan fingerprint density at radius 3 is 2.79 bits per heavy atom. The lowest BCUT2D eigenvalue weighted by molar-refractivity contribution is 0.196. The number of nitrogens with one attached hydrogen (secondary N) is 2. The molecule has 0 unspecified atom stereocenters. The second-order valence-corrected chi connectivity index (χ2v) is 7.36. The maximum Gasteiger partial charge on any atom is 0.191 e. The lowest BCUT2D eigenvalue weighted by atomic mass is 10.0. The van der Waals surface area contributed by atoms with Gasteiger partial charge in [0.05, 0.1) is 12.0 Å². The fourth-order valence-electron chi connectivity index (χ4n) is 3.41. The van der Waals surface area contributed by atoms with Crippen LogP contribution in [0.15, 0.2) is 52.2 Å². The average molecular weight is 511 g/mol. The molecule has 29 heavy (non-hydrogen) atoms. The van der Waals surface area contributed by atoms with Gasteiger partial charge in [0.2, 0.25) is 0 Å². The Labute approximate surface area is 191 Å². The van der Waals surface area contributed by atoms with Crippen LogP contribution in [0, 0.1) is 0 Å². The van der Waals surface area contributed by atoms with E-state index in [4.69, 9.17) is 9.41 Å². The smallest absolute Gasteiger partial charge is 0.191 e. The van der Waals surface area contributed by atoms with Crippen LogP contribution >= 0.6 is 24.0 Å². The summed E-state index contributed by atoms with van der Waals surface area (Å²) in [6, 6.07) is 10.5. The summed E-state index contributed by atoms with van der Waals surface area (Å²) < 4.78 is 5.41. The van der Waals surface area contributed by atoms with Gasteiger partial charge in [0.25, 0.3) is 0 Å². The highest BCUT2D eigenvalue weighted by Gasteiger charge is 2.20. The first-order valence-electron chi connectivity index (χ1n) is 10.5. The Morgan fingerprint density at radius 1 is 1.24 bits per heavy atom. The Kier molecular flexibility index (Phi) is 11.1. The fraction of sp³-hybridized carbons (Fsp3) is 0.545. The molecule has 0 saturated carbocycles. The topological polar surface area (TPSA) is 65.7 Å². The zero-order chi connectivity index (χ0) is 19.4. The van der Waals surface area contributed by atoms with Crippen molar-refractivity contribution >= 4 is 29.9 Å². The minimum Gasteiger partial charge on any atom is -0.469 e. The third-order valence-electron chi connectivity index (χ3n) is 5.07. The number of pyridine rings is 1. The number of rotatable bonds is 9. The van der Waals surface area contributed by atoms with Gasteiger partial charge in [-0.15, -0.1) is 24.0 Å². The minimum absolute atomic E-state index is 0. The van der Waals surface area contributed by atoms with Crippen molar-refractivity contribution in [1.82, 2.24) is 20.5 Å². The molecule has 0 atom stereocenters. The van der Waals surface area contributed by atoms with Gasteiger partial charge in [0.15, 0.2) is 5.96 Å². The molecule has 6 nitrogen and oxygen atoms in total. The first-order valence-corrected chi connectivity index (χ1v) is 10.5. The average Bonchev–Trinajstić information content (AvgIpc) is 3.24. The van der Waals surface area contributed by atoms with Gasteiger partial charge >= 0.3 is 0 Å². The molecule has 0 spiro atoms. The number of furan rings is 1. The quantitative estimate of drug-likeness (QED) is 0.232. The zero-order valence-corrected chi connectivity index (χ0v) is 19.7. The van der Waals surface area contributed by atoms with Crippen molar-refractivity contribution in [3.8, 4) is 0 Å². The molecule has 160 valence electrons. The van der Waals surface area contributed by atoms with E-state index in [0.29, 0.717) is 6.04 Å². The predicted molar refractivity (Wildman–Crippen MR) is 129 cm³/mol. The lowest BCUT2D eigenvalue weighted by Crippen LogP contribution is -2.49. The maximum absolute atomic E-state index is 5.41. The van der Waals surface area contributed by atoms with Crippen molar-refractivity contribution in [2.45, 2.75) is 51.6 Å². The van der Waals surface area contributed by atoms with Gasteiger partial charge in [-0.2, -0.15) is 0 Å². The van der Waals surface area contributed by atoms with Crippen molar-refractivity contribution in [1.29, 1.82) is 0 Å². The molecule has 7 heteroatoms. The summed E-state index contributed by atoms with van der Waals surface area (Å²) in [6.07, 6.45) is 8.99. The summed E-state index contributed by atoms with van der Waals surface area (Å²) in [5.41, 5.74) is 1.15. The first-order chi connectivity index (χ1) is 13.8. The van der Waals surface area contributed by atoms with Gasteiger partial charge in [0.1, 0.15) is 5.76 Å². The number of likely N-dealkylation sites (tertiary alicyclic amines) is 1. The molecule has 1 aliphatic rings.